The van der Waals surface area contributed by atoms with E-state index in [1.807, 2.05) is 13.8 Å². The largest absolute Gasteiger partial charge is 0.385 e. The highest BCUT2D eigenvalue weighted by molar-refractivity contribution is 4.46. The normalized spacial score (nSPS) is 9.97. The van der Waals surface area contributed by atoms with Crippen molar-refractivity contribution in [3.8, 4) is 0 Å². The summed E-state index contributed by atoms with van der Waals surface area (Å²) in [4.78, 5) is 0. The fourth-order valence-corrected chi connectivity index (χ4v) is 4.57. The van der Waals surface area contributed by atoms with Crippen molar-refractivity contribution in [2.45, 2.75) is 232 Å². The van der Waals surface area contributed by atoms with Crippen molar-refractivity contribution in [1.82, 2.24) is 0 Å². The molecule has 8 heteroatoms. The first-order valence-corrected chi connectivity index (χ1v) is 26.1. The third kappa shape index (κ3) is 145. The Morgan fingerprint density at radius 3 is 0.823 bits per heavy atom. The highest BCUT2D eigenvalue weighted by Gasteiger charge is 1.95. The van der Waals surface area contributed by atoms with Gasteiger partial charge in [0, 0.05) is 108 Å². The molecule has 0 aromatic heterocycles. The van der Waals surface area contributed by atoms with Crippen LogP contribution in [0.1, 0.15) is 232 Å². The lowest BCUT2D eigenvalue weighted by atomic mass is 10.1. The molecule has 0 spiro atoms. The molecule has 0 aromatic carbocycles. The van der Waals surface area contributed by atoms with Crippen LogP contribution in [-0.2, 0) is 37.9 Å². The van der Waals surface area contributed by atoms with E-state index in [2.05, 4.69) is 87.8 Å². The fraction of sp³-hybridized carbons (Fsp3) is 1.00. The van der Waals surface area contributed by atoms with E-state index in [1.54, 1.807) is 35.5 Å². The van der Waals surface area contributed by atoms with Gasteiger partial charge >= 0.3 is 0 Å². The number of methoxy groups -OCH3 is 5. The maximum absolute atomic E-state index is 5.49. The summed E-state index contributed by atoms with van der Waals surface area (Å²) >= 11 is 0. The predicted octanol–water partition coefficient (Wildman–Crippen LogP) is 16.5. The van der Waals surface area contributed by atoms with E-state index in [9.17, 15) is 0 Å². The Morgan fingerprint density at radius 2 is 0.532 bits per heavy atom. The highest BCUT2D eigenvalue weighted by atomic mass is 16.5. The maximum Gasteiger partial charge on any atom is 0.0466 e. The minimum Gasteiger partial charge on any atom is -0.385 e. The van der Waals surface area contributed by atoms with Gasteiger partial charge in [-0.2, -0.15) is 0 Å². The van der Waals surface area contributed by atoms with Gasteiger partial charge in [-0.3, -0.25) is 0 Å². The predicted molar refractivity (Wildman–Crippen MR) is 279 cm³/mol. The van der Waals surface area contributed by atoms with Crippen LogP contribution in [0.15, 0.2) is 0 Å². The van der Waals surface area contributed by atoms with Crippen molar-refractivity contribution in [3.63, 3.8) is 0 Å². The zero-order valence-electron chi connectivity index (χ0n) is 46.6. The SMILES string of the molecule is CCCCCCCOC.CCCCCOC.CCCCCOCCCC(C)C.CCCCOC.CCCOC.CCCOCCCC(C)C.CCOC.CCOCCCC(C)C. The Bertz CT molecular complexity index is 561. The minimum absolute atomic E-state index is 0.819. The van der Waals surface area contributed by atoms with Crippen molar-refractivity contribution < 1.29 is 37.9 Å². The van der Waals surface area contributed by atoms with Gasteiger partial charge in [-0.25, -0.2) is 0 Å². The molecule has 0 radical (unpaired) electrons. The molecule has 0 aliphatic carbocycles. The number of rotatable bonds is 35. The molecule has 0 heterocycles. The van der Waals surface area contributed by atoms with Crippen LogP contribution in [0.25, 0.3) is 0 Å². The van der Waals surface area contributed by atoms with E-state index in [0.29, 0.717) is 0 Å². The standard InChI is InChI=1S/C11H24O.C9H20O.2C8H18O.C6H14O.C5H12O.C4H10O.C3H8O/c1-4-5-6-9-12-10-7-8-11(2)3;1-4-7-10-8-5-6-9(2)3;1-4-9-7-5-6-8(2)3;1-3-4-5-6-7-8-9-2;1-3-4-5-6-7-2;1-3-4-5-6-2;1-3-4-5-2;1-3-4-2/h11H,4-10H2,1-3H3;9H,4-8H2,1-3H3;8H,4-7H2,1-3H3;3-8H2,1-2H3;3-6H2,1-2H3;3-5H2,1-2H3;3-4H2,1-2H3;3H2,1-2H3. The summed E-state index contributed by atoms with van der Waals surface area (Å²) in [5, 5.41) is 0. The summed E-state index contributed by atoms with van der Waals surface area (Å²) in [6, 6.07) is 0. The van der Waals surface area contributed by atoms with Gasteiger partial charge in [0.2, 0.25) is 0 Å². The summed E-state index contributed by atoms with van der Waals surface area (Å²) < 4.78 is 39.8. The van der Waals surface area contributed by atoms with E-state index in [1.165, 1.54) is 122 Å². The van der Waals surface area contributed by atoms with Gasteiger partial charge in [-0.1, -0.05) is 141 Å². The molecular formula is C54H124O8. The fourth-order valence-electron chi connectivity index (χ4n) is 4.57. The molecule has 0 bridgehead atoms. The molecule has 8 nitrogen and oxygen atoms in total. The Hall–Kier alpha value is -0.320. The van der Waals surface area contributed by atoms with E-state index in [4.69, 9.17) is 33.2 Å². The summed E-state index contributed by atoms with van der Waals surface area (Å²) in [5.41, 5.74) is 0. The van der Waals surface area contributed by atoms with Crippen LogP contribution in [0, 0.1) is 17.8 Å². The molecule has 0 atom stereocenters. The second kappa shape index (κ2) is 91.2. The quantitative estimate of drug-likeness (QED) is 0.0583. The molecule has 0 saturated heterocycles. The molecule has 0 aliphatic heterocycles. The summed E-state index contributed by atoms with van der Waals surface area (Å²) in [7, 11) is 8.63. The van der Waals surface area contributed by atoms with Crippen molar-refractivity contribution in [2.75, 3.05) is 108 Å². The first-order valence-electron chi connectivity index (χ1n) is 26.1. The van der Waals surface area contributed by atoms with Crippen molar-refractivity contribution in [1.29, 1.82) is 0 Å². The molecule has 0 aliphatic rings. The third-order valence-electron chi connectivity index (χ3n) is 8.46. The molecular weight excluding hydrogens is 777 g/mol. The second-order valence-electron chi connectivity index (χ2n) is 16.8. The van der Waals surface area contributed by atoms with Gasteiger partial charge < -0.3 is 37.9 Å². The van der Waals surface area contributed by atoms with Crippen LogP contribution < -0.4 is 0 Å². The minimum atomic E-state index is 0.819. The van der Waals surface area contributed by atoms with Crippen LogP contribution in [-0.4, -0.2) is 108 Å². The number of unbranched alkanes of at least 4 members (excludes halogenated alkanes) is 9. The van der Waals surface area contributed by atoms with Crippen LogP contribution >= 0.6 is 0 Å². The molecule has 0 saturated carbocycles. The van der Waals surface area contributed by atoms with Crippen LogP contribution in [0.3, 0.4) is 0 Å². The van der Waals surface area contributed by atoms with Gasteiger partial charge in [0.1, 0.15) is 0 Å². The highest BCUT2D eigenvalue weighted by Crippen LogP contribution is 2.05. The average molecular weight is 902 g/mol. The Morgan fingerprint density at radius 1 is 0.242 bits per heavy atom. The van der Waals surface area contributed by atoms with E-state index in [-0.39, 0.29) is 0 Å². The first kappa shape index (κ1) is 78.8. The number of hydrogen-bond donors (Lipinski definition) is 0. The first-order chi connectivity index (χ1) is 29.9. The van der Waals surface area contributed by atoms with E-state index in [0.717, 1.165) is 103 Å². The molecule has 62 heavy (non-hydrogen) atoms. The maximum atomic E-state index is 5.49. The Kier molecular flexibility index (Phi) is 116. The molecule has 388 valence electrons. The molecule has 0 rings (SSSR count). The summed E-state index contributed by atoms with van der Waals surface area (Å²) in [5.74, 6) is 2.47. The van der Waals surface area contributed by atoms with Gasteiger partial charge in [0.25, 0.3) is 0 Å². The summed E-state index contributed by atoms with van der Waals surface area (Å²) in [6.45, 7) is 40.6. The summed E-state index contributed by atoms with van der Waals surface area (Å²) in [6.07, 6.45) is 26.5. The lowest BCUT2D eigenvalue weighted by Crippen LogP contribution is -1.98. The Balaban J connectivity index is -0.0000000914. The number of ether oxygens (including phenoxy) is 8. The molecule has 0 amide bonds. The lowest BCUT2D eigenvalue weighted by molar-refractivity contribution is 0.124. The molecule has 0 unspecified atom stereocenters. The van der Waals surface area contributed by atoms with E-state index < -0.39 is 0 Å². The van der Waals surface area contributed by atoms with Gasteiger partial charge in [-0.15, -0.1) is 0 Å². The number of hydrogen-bond acceptors (Lipinski definition) is 8. The second-order valence-corrected chi connectivity index (χ2v) is 16.8. The van der Waals surface area contributed by atoms with E-state index >= 15 is 0 Å². The zero-order chi connectivity index (χ0) is 49.0. The molecule has 0 aromatic rings. The Labute approximate surface area is 394 Å². The van der Waals surface area contributed by atoms with Crippen LogP contribution in [0.4, 0.5) is 0 Å². The van der Waals surface area contributed by atoms with Gasteiger partial charge in [0.05, 0.1) is 0 Å². The van der Waals surface area contributed by atoms with Crippen molar-refractivity contribution >= 4 is 0 Å². The smallest absolute Gasteiger partial charge is 0.0466 e. The molecule has 0 N–H and O–H groups in total. The lowest BCUT2D eigenvalue weighted by Gasteiger charge is -2.05. The third-order valence-corrected chi connectivity index (χ3v) is 8.46. The molecule has 0 fully saturated rings. The van der Waals surface area contributed by atoms with Crippen LogP contribution in [0.2, 0.25) is 0 Å². The van der Waals surface area contributed by atoms with Gasteiger partial charge in [-0.05, 0) is 109 Å². The van der Waals surface area contributed by atoms with Crippen molar-refractivity contribution in [3.05, 3.63) is 0 Å². The monoisotopic (exact) mass is 901 g/mol. The zero-order valence-corrected chi connectivity index (χ0v) is 46.6. The van der Waals surface area contributed by atoms with Crippen LogP contribution in [0.5, 0.6) is 0 Å². The van der Waals surface area contributed by atoms with Crippen molar-refractivity contribution in [2.24, 2.45) is 17.8 Å². The van der Waals surface area contributed by atoms with Gasteiger partial charge in [0.15, 0.2) is 0 Å². The topological polar surface area (TPSA) is 73.8 Å². The average Bonchev–Trinajstić information content (AvgIpc) is 3.26.